The van der Waals surface area contributed by atoms with Crippen molar-refractivity contribution in [2.75, 3.05) is 78.5 Å². The van der Waals surface area contributed by atoms with Gasteiger partial charge in [-0.2, -0.15) is 0 Å². The summed E-state index contributed by atoms with van der Waals surface area (Å²) < 4.78 is 0. The molecule has 0 radical (unpaired) electrons. The minimum Gasteiger partial charge on any atom is -0.302 e. The molecule has 0 aliphatic carbocycles. The lowest BCUT2D eigenvalue weighted by Crippen LogP contribution is -2.44. The van der Waals surface area contributed by atoms with Crippen molar-refractivity contribution in [2.24, 2.45) is 0 Å². The van der Waals surface area contributed by atoms with Gasteiger partial charge in [0.15, 0.2) is 0 Å². The van der Waals surface area contributed by atoms with Crippen molar-refractivity contribution in [2.45, 2.75) is 80.1 Å². The van der Waals surface area contributed by atoms with E-state index in [1.54, 1.807) is 0 Å². The molecule has 0 amide bonds. The highest BCUT2D eigenvalue weighted by Gasteiger charge is 2.12. The molecule has 4 heteroatoms. The Hall–Kier alpha value is -0.160. The molecule has 0 aromatic heterocycles. The van der Waals surface area contributed by atoms with Crippen LogP contribution in [0.25, 0.3) is 0 Å². The normalized spacial score (nSPS) is 12.2. The molecular weight excluding hydrogens is 344 g/mol. The standard InChI is InChI=1S/C24H54N4/c1-7-13-25(14-8-2)19-22-28(23-20-26(15-9-3)16-10-4)24-21-27(17-11-5)18-12-6/h7-24H2,1-6H3. The van der Waals surface area contributed by atoms with E-state index in [1.165, 1.54) is 117 Å². The Morgan fingerprint density at radius 2 is 0.393 bits per heavy atom. The van der Waals surface area contributed by atoms with Gasteiger partial charge in [-0.25, -0.2) is 0 Å². The molecule has 0 aromatic rings. The molecule has 0 bridgehead atoms. The second-order valence-electron chi connectivity index (χ2n) is 8.37. The molecule has 4 nitrogen and oxygen atoms in total. The number of rotatable bonds is 21. The quantitative estimate of drug-likeness (QED) is 0.279. The van der Waals surface area contributed by atoms with Gasteiger partial charge < -0.3 is 14.7 Å². The molecular formula is C24H54N4. The van der Waals surface area contributed by atoms with E-state index in [0.717, 1.165) is 0 Å². The lowest BCUT2D eigenvalue weighted by molar-refractivity contribution is 0.154. The predicted molar refractivity (Wildman–Crippen MR) is 128 cm³/mol. The van der Waals surface area contributed by atoms with Crippen LogP contribution in [0.2, 0.25) is 0 Å². The van der Waals surface area contributed by atoms with Gasteiger partial charge in [-0.05, 0) is 77.8 Å². The molecule has 0 saturated heterocycles. The topological polar surface area (TPSA) is 13.0 Å². The molecule has 0 fully saturated rings. The Kier molecular flexibility index (Phi) is 20.0. The van der Waals surface area contributed by atoms with E-state index in [2.05, 4.69) is 61.1 Å². The Balaban J connectivity index is 4.72. The molecule has 0 spiro atoms. The first-order chi connectivity index (χ1) is 13.6. The average Bonchev–Trinajstić information content (AvgIpc) is 2.68. The maximum atomic E-state index is 2.74. The molecule has 28 heavy (non-hydrogen) atoms. The third kappa shape index (κ3) is 14.8. The third-order valence-electron chi connectivity index (χ3n) is 5.44. The Morgan fingerprint density at radius 3 is 0.536 bits per heavy atom. The molecule has 170 valence electrons. The van der Waals surface area contributed by atoms with Crippen LogP contribution in [0, 0.1) is 0 Å². The Bertz CT molecular complexity index is 245. The first-order valence-electron chi connectivity index (χ1n) is 12.5. The van der Waals surface area contributed by atoms with E-state index < -0.39 is 0 Å². The van der Waals surface area contributed by atoms with E-state index in [4.69, 9.17) is 0 Å². The van der Waals surface area contributed by atoms with Crippen LogP contribution in [-0.4, -0.2) is 98.1 Å². The van der Waals surface area contributed by atoms with E-state index in [0.29, 0.717) is 0 Å². The number of hydrogen-bond donors (Lipinski definition) is 0. The maximum absolute atomic E-state index is 2.74. The van der Waals surface area contributed by atoms with Crippen molar-refractivity contribution >= 4 is 0 Å². The van der Waals surface area contributed by atoms with Gasteiger partial charge in [-0.1, -0.05) is 41.5 Å². The van der Waals surface area contributed by atoms with Crippen LogP contribution >= 0.6 is 0 Å². The summed E-state index contributed by atoms with van der Waals surface area (Å²) in [6, 6.07) is 0. The molecule has 0 atom stereocenters. The summed E-state index contributed by atoms with van der Waals surface area (Å²) in [6.45, 7) is 28.7. The summed E-state index contributed by atoms with van der Waals surface area (Å²) >= 11 is 0. The molecule has 0 heterocycles. The zero-order valence-electron chi connectivity index (χ0n) is 20.5. The van der Waals surface area contributed by atoms with Gasteiger partial charge in [0.2, 0.25) is 0 Å². The average molecular weight is 399 g/mol. The summed E-state index contributed by atoms with van der Waals surface area (Å²) in [7, 11) is 0. The second-order valence-corrected chi connectivity index (χ2v) is 8.37. The molecule has 0 aliphatic heterocycles. The van der Waals surface area contributed by atoms with Crippen molar-refractivity contribution < 1.29 is 0 Å². The Labute approximate surface area is 178 Å². The fourth-order valence-corrected chi connectivity index (χ4v) is 4.09. The lowest BCUT2D eigenvalue weighted by atomic mass is 10.3. The molecule has 0 aromatic carbocycles. The van der Waals surface area contributed by atoms with Gasteiger partial charge in [0.05, 0.1) is 0 Å². The minimum absolute atomic E-state index is 1.22. The van der Waals surface area contributed by atoms with Gasteiger partial charge in [0.1, 0.15) is 0 Å². The van der Waals surface area contributed by atoms with Crippen LogP contribution in [0.4, 0.5) is 0 Å². The highest BCUT2D eigenvalue weighted by atomic mass is 15.2. The SMILES string of the molecule is CCCN(CCC)CCN(CCN(CCC)CCC)CCN(CCC)CCC. The summed E-state index contributed by atoms with van der Waals surface area (Å²) in [5.74, 6) is 0. The van der Waals surface area contributed by atoms with Crippen LogP contribution < -0.4 is 0 Å². The molecule has 0 aliphatic rings. The fraction of sp³-hybridized carbons (Fsp3) is 1.00. The number of hydrogen-bond acceptors (Lipinski definition) is 4. The summed E-state index contributed by atoms with van der Waals surface area (Å²) in [5.41, 5.74) is 0. The first kappa shape index (κ1) is 27.8. The van der Waals surface area contributed by atoms with Crippen molar-refractivity contribution in [3.05, 3.63) is 0 Å². The van der Waals surface area contributed by atoms with Crippen molar-refractivity contribution in [1.82, 2.24) is 19.6 Å². The summed E-state index contributed by atoms with van der Waals surface area (Å²) in [4.78, 5) is 10.7. The smallest absolute Gasteiger partial charge is 0.0110 e. The first-order valence-corrected chi connectivity index (χ1v) is 12.5. The van der Waals surface area contributed by atoms with Crippen LogP contribution in [0.1, 0.15) is 80.1 Å². The summed E-state index contributed by atoms with van der Waals surface area (Å²) in [5, 5.41) is 0. The molecule has 0 unspecified atom stereocenters. The molecule has 0 N–H and O–H groups in total. The summed E-state index contributed by atoms with van der Waals surface area (Å²) in [6.07, 6.45) is 7.59. The number of nitrogens with zero attached hydrogens (tertiary/aromatic N) is 4. The van der Waals surface area contributed by atoms with E-state index in [-0.39, 0.29) is 0 Å². The van der Waals surface area contributed by atoms with Crippen LogP contribution in [0.5, 0.6) is 0 Å². The molecule has 0 saturated carbocycles. The lowest BCUT2D eigenvalue weighted by Gasteiger charge is -2.31. The third-order valence-corrected chi connectivity index (χ3v) is 5.44. The van der Waals surface area contributed by atoms with Gasteiger partial charge in [0.25, 0.3) is 0 Å². The maximum Gasteiger partial charge on any atom is 0.0110 e. The van der Waals surface area contributed by atoms with E-state index in [9.17, 15) is 0 Å². The van der Waals surface area contributed by atoms with Gasteiger partial charge >= 0.3 is 0 Å². The molecule has 0 rings (SSSR count). The predicted octanol–water partition coefficient (Wildman–Crippen LogP) is 4.65. The highest BCUT2D eigenvalue weighted by Crippen LogP contribution is 2.02. The fourth-order valence-electron chi connectivity index (χ4n) is 4.09. The largest absolute Gasteiger partial charge is 0.302 e. The van der Waals surface area contributed by atoms with E-state index >= 15 is 0 Å². The van der Waals surface area contributed by atoms with Gasteiger partial charge in [0, 0.05) is 39.3 Å². The second kappa shape index (κ2) is 20.1. The zero-order chi connectivity index (χ0) is 21.0. The van der Waals surface area contributed by atoms with Gasteiger partial charge in [-0.15, -0.1) is 0 Å². The Morgan fingerprint density at radius 1 is 0.250 bits per heavy atom. The zero-order valence-corrected chi connectivity index (χ0v) is 20.5. The van der Waals surface area contributed by atoms with Crippen LogP contribution in [0.15, 0.2) is 0 Å². The minimum atomic E-state index is 1.22. The van der Waals surface area contributed by atoms with Gasteiger partial charge in [-0.3, -0.25) is 4.90 Å². The van der Waals surface area contributed by atoms with Crippen molar-refractivity contribution in [1.29, 1.82) is 0 Å². The van der Waals surface area contributed by atoms with Crippen LogP contribution in [0.3, 0.4) is 0 Å². The van der Waals surface area contributed by atoms with E-state index in [1.807, 2.05) is 0 Å². The monoisotopic (exact) mass is 398 g/mol. The van der Waals surface area contributed by atoms with Crippen molar-refractivity contribution in [3.63, 3.8) is 0 Å². The van der Waals surface area contributed by atoms with Crippen molar-refractivity contribution in [3.8, 4) is 0 Å². The van der Waals surface area contributed by atoms with Crippen LogP contribution in [-0.2, 0) is 0 Å². The highest BCUT2D eigenvalue weighted by molar-refractivity contribution is 4.69.